The van der Waals surface area contributed by atoms with Gasteiger partial charge in [0.05, 0.1) is 0 Å². The SMILES string of the molecule is C[C@@H](c1ccccc1F)N1CCN(C(=O)[C@H]2CCC(=O)N2)CC1. The molecule has 0 aliphatic carbocycles. The van der Waals surface area contributed by atoms with Crippen LogP contribution in [-0.4, -0.2) is 53.8 Å². The highest BCUT2D eigenvalue weighted by Gasteiger charge is 2.33. The Kier molecular flexibility index (Phi) is 4.61. The highest BCUT2D eigenvalue weighted by Crippen LogP contribution is 2.24. The van der Waals surface area contributed by atoms with E-state index in [9.17, 15) is 14.0 Å². The largest absolute Gasteiger partial charge is 0.344 e. The van der Waals surface area contributed by atoms with E-state index in [1.54, 1.807) is 11.0 Å². The van der Waals surface area contributed by atoms with Gasteiger partial charge in [0.2, 0.25) is 11.8 Å². The molecule has 0 aromatic heterocycles. The molecular weight excluding hydrogens is 297 g/mol. The topological polar surface area (TPSA) is 52.7 Å². The quantitative estimate of drug-likeness (QED) is 0.914. The number of hydrogen-bond acceptors (Lipinski definition) is 3. The maximum Gasteiger partial charge on any atom is 0.245 e. The van der Waals surface area contributed by atoms with Crippen LogP contribution < -0.4 is 5.32 Å². The first-order valence-electron chi connectivity index (χ1n) is 8.13. The Morgan fingerprint density at radius 3 is 2.57 bits per heavy atom. The zero-order valence-electron chi connectivity index (χ0n) is 13.3. The Labute approximate surface area is 135 Å². The summed E-state index contributed by atoms with van der Waals surface area (Å²) in [7, 11) is 0. The first-order valence-corrected chi connectivity index (χ1v) is 8.13. The van der Waals surface area contributed by atoms with Gasteiger partial charge in [0.15, 0.2) is 0 Å². The Hall–Kier alpha value is -1.95. The second-order valence-corrected chi connectivity index (χ2v) is 6.22. The minimum absolute atomic E-state index is 0.00837. The fraction of sp³-hybridized carbons (Fsp3) is 0.529. The molecule has 2 amide bonds. The lowest BCUT2D eigenvalue weighted by molar-refractivity contribution is -0.136. The summed E-state index contributed by atoms with van der Waals surface area (Å²) >= 11 is 0. The fourth-order valence-corrected chi connectivity index (χ4v) is 3.36. The maximum absolute atomic E-state index is 13.9. The van der Waals surface area contributed by atoms with Gasteiger partial charge in [0, 0.05) is 44.2 Å². The molecule has 5 nitrogen and oxygen atoms in total. The molecule has 0 unspecified atom stereocenters. The van der Waals surface area contributed by atoms with Gasteiger partial charge in [-0.1, -0.05) is 18.2 Å². The first kappa shape index (κ1) is 15.9. The second-order valence-electron chi connectivity index (χ2n) is 6.22. The van der Waals surface area contributed by atoms with E-state index >= 15 is 0 Å². The van der Waals surface area contributed by atoms with E-state index in [1.807, 2.05) is 19.1 Å². The molecule has 2 heterocycles. The average Bonchev–Trinajstić information content (AvgIpc) is 3.01. The van der Waals surface area contributed by atoms with E-state index in [2.05, 4.69) is 10.2 Å². The van der Waals surface area contributed by atoms with Gasteiger partial charge >= 0.3 is 0 Å². The highest BCUT2D eigenvalue weighted by atomic mass is 19.1. The summed E-state index contributed by atoms with van der Waals surface area (Å²) < 4.78 is 13.9. The lowest BCUT2D eigenvalue weighted by Gasteiger charge is -2.39. The summed E-state index contributed by atoms with van der Waals surface area (Å²) in [4.78, 5) is 27.6. The van der Waals surface area contributed by atoms with Gasteiger partial charge in [-0.3, -0.25) is 14.5 Å². The highest BCUT2D eigenvalue weighted by molar-refractivity contribution is 5.90. The third kappa shape index (κ3) is 3.37. The van der Waals surface area contributed by atoms with Gasteiger partial charge in [-0.15, -0.1) is 0 Å². The van der Waals surface area contributed by atoms with Crippen LogP contribution >= 0.6 is 0 Å². The Morgan fingerprint density at radius 2 is 1.96 bits per heavy atom. The minimum Gasteiger partial charge on any atom is -0.344 e. The number of carbonyl (C=O) groups excluding carboxylic acids is 2. The molecule has 1 aromatic carbocycles. The molecule has 124 valence electrons. The van der Waals surface area contributed by atoms with Gasteiger partial charge in [-0.05, 0) is 19.4 Å². The van der Waals surface area contributed by atoms with Crippen LogP contribution in [0.2, 0.25) is 0 Å². The molecule has 2 aliphatic rings. The first-order chi connectivity index (χ1) is 11.1. The Bertz CT molecular complexity index is 599. The predicted octanol–water partition coefficient (Wildman–Crippen LogP) is 1.31. The normalized spacial score (nSPS) is 23.7. The van der Waals surface area contributed by atoms with Gasteiger partial charge in [0.1, 0.15) is 11.9 Å². The number of piperazine rings is 1. The average molecular weight is 319 g/mol. The van der Waals surface area contributed by atoms with Crippen LogP contribution in [0.5, 0.6) is 0 Å². The molecule has 2 aliphatic heterocycles. The molecule has 6 heteroatoms. The summed E-state index contributed by atoms with van der Waals surface area (Å²) in [5.41, 5.74) is 0.690. The third-order valence-corrected chi connectivity index (χ3v) is 4.82. The summed E-state index contributed by atoms with van der Waals surface area (Å²) in [6.07, 6.45) is 1.02. The van der Waals surface area contributed by atoms with Crippen LogP contribution in [0.4, 0.5) is 4.39 Å². The van der Waals surface area contributed by atoms with Crippen molar-refractivity contribution in [3.63, 3.8) is 0 Å². The predicted molar refractivity (Wildman–Crippen MR) is 84.1 cm³/mol. The van der Waals surface area contributed by atoms with Crippen LogP contribution in [0.25, 0.3) is 0 Å². The van der Waals surface area contributed by atoms with Crippen molar-refractivity contribution in [2.75, 3.05) is 26.2 Å². The summed E-state index contributed by atoms with van der Waals surface area (Å²) in [5.74, 6) is -0.226. The maximum atomic E-state index is 13.9. The van der Waals surface area contributed by atoms with E-state index in [1.165, 1.54) is 6.07 Å². The monoisotopic (exact) mass is 319 g/mol. The molecule has 0 saturated carbocycles. The number of benzene rings is 1. The lowest BCUT2D eigenvalue weighted by atomic mass is 10.1. The van der Waals surface area contributed by atoms with Crippen molar-refractivity contribution >= 4 is 11.8 Å². The number of hydrogen-bond donors (Lipinski definition) is 1. The molecule has 1 N–H and O–H groups in total. The van der Waals surface area contributed by atoms with Gasteiger partial charge < -0.3 is 10.2 Å². The number of nitrogens with zero attached hydrogens (tertiary/aromatic N) is 2. The molecule has 23 heavy (non-hydrogen) atoms. The van der Waals surface area contributed by atoms with E-state index in [-0.39, 0.29) is 29.7 Å². The van der Waals surface area contributed by atoms with E-state index in [4.69, 9.17) is 0 Å². The Balaban J connectivity index is 1.57. The van der Waals surface area contributed by atoms with Gasteiger partial charge in [-0.2, -0.15) is 0 Å². The van der Waals surface area contributed by atoms with Crippen LogP contribution in [0.15, 0.2) is 24.3 Å². The lowest BCUT2D eigenvalue weighted by Crippen LogP contribution is -2.53. The van der Waals surface area contributed by atoms with Crippen molar-refractivity contribution in [1.82, 2.24) is 15.1 Å². The molecule has 2 saturated heterocycles. The molecule has 0 spiro atoms. The van der Waals surface area contributed by atoms with Crippen molar-refractivity contribution in [2.24, 2.45) is 0 Å². The van der Waals surface area contributed by atoms with Crippen molar-refractivity contribution in [3.8, 4) is 0 Å². The van der Waals surface area contributed by atoms with Crippen LogP contribution in [0, 0.1) is 5.82 Å². The number of amides is 2. The Morgan fingerprint density at radius 1 is 1.26 bits per heavy atom. The molecule has 2 fully saturated rings. The third-order valence-electron chi connectivity index (χ3n) is 4.82. The standard InChI is InChI=1S/C17H22FN3O2/c1-12(13-4-2-3-5-14(13)18)20-8-10-21(11-9-20)17(23)15-6-7-16(22)19-15/h2-5,12,15H,6-11H2,1H3,(H,19,22)/t12-,15+/m0/s1. The summed E-state index contributed by atoms with van der Waals surface area (Å²) in [6, 6.07) is 6.45. The zero-order valence-corrected chi connectivity index (χ0v) is 13.3. The molecule has 3 rings (SSSR count). The van der Waals surface area contributed by atoms with Crippen LogP contribution in [0.3, 0.4) is 0 Å². The van der Waals surface area contributed by atoms with Gasteiger partial charge in [-0.25, -0.2) is 4.39 Å². The van der Waals surface area contributed by atoms with Crippen molar-refractivity contribution in [1.29, 1.82) is 0 Å². The van der Waals surface area contributed by atoms with Crippen molar-refractivity contribution in [3.05, 3.63) is 35.6 Å². The van der Waals surface area contributed by atoms with Crippen molar-refractivity contribution in [2.45, 2.75) is 31.8 Å². The second kappa shape index (κ2) is 6.66. The minimum atomic E-state index is -0.363. The number of carbonyl (C=O) groups is 2. The summed E-state index contributed by atoms with van der Waals surface area (Å²) in [6.45, 7) is 4.64. The number of rotatable bonds is 3. The number of nitrogens with one attached hydrogen (secondary N) is 1. The molecule has 0 bridgehead atoms. The summed E-state index contributed by atoms with van der Waals surface area (Å²) in [5, 5.41) is 2.72. The van der Waals surface area contributed by atoms with Crippen LogP contribution in [0.1, 0.15) is 31.4 Å². The molecule has 1 aromatic rings. The van der Waals surface area contributed by atoms with E-state index < -0.39 is 0 Å². The van der Waals surface area contributed by atoms with Crippen molar-refractivity contribution < 1.29 is 14.0 Å². The smallest absolute Gasteiger partial charge is 0.245 e. The van der Waals surface area contributed by atoms with E-state index in [0.717, 1.165) is 0 Å². The fourth-order valence-electron chi connectivity index (χ4n) is 3.36. The molecule has 0 radical (unpaired) electrons. The van der Waals surface area contributed by atoms with E-state index in [0.29, 0.717) is 44.6 Å². The number of halogens is 1. The van der Waals surface area contributed by atoms with Gasteiger partial charge in [0.25, 0.3) is 0 Å². The van der Waals surface area contributed by atoms with Crippen LogP contribution in [-0.2, 0) is 9.59 Å². The molecule has 2 atom stereocenters. The molecular formula is C17H22FN3O2. The zero-order chi connectivity index (χ0) is 16.4.